The van der Waals surface area contributed by atoms with Gasteiger partial charge in [0.1, 0.15) is 17.7 Å². The minimum atomic E-state index is -1.36. The topological polar surface area (TPSA) is 244 Å². The molecule has 326 valence electrons. The fourth-order valence-electron chi connectivity index (χ4n) is 8.29. The maximum Gasteiger partial charge on any atom is 0.287 e. The Hall–Kier alpha value is -5.62. The third kappa shape index (κ3) is 12.0. The molecule has 1 aliphatic heterocycles. The number of hydrogen-bond acceptors (Lipinski definition) is 12. The molecule has 2 aromatic carbocycles. The monoisotopic (exact) mass is 839 g/mol. The van der Waals surface area contributed by atoms with Crippen molar-refractivity contribution in [1.82, 2.24) is 40.8 Å². The van der Waals surface area contributed by atoms with Crippen molar-refractivity contribution < 1.29 is 38.9 Å². The number of primary amides is 1. The van der Waals surface area contributed by atoms with Crippen molar-refractivity contribution in [3.63, 3.8) is 0 Å². The minimum Gasteiger partial charge on any atom is -0.384 e. The molecule has 0 spiro atoms. The zero-order valence-corrected chi connectivity index (χ0v) is 34.7. The predicted molar refractivity (Wildman–Crippen MR) is 224 cm³/mol. The number of nitrogens with two attached hydrogens (primary N) is 1. The van der Waals surface area contributed by atoms with Gasteiger partial charge in [-0.2, -0.15) is 0 Å². The van der Waals surface area contributed by atoms with Gasteiger partial charge < -0.3 is 36.2 Å². The molecular weight excluding hydrogens is 783 g/mol. The van der Waals surface area contributed by atoms with Gasteiger partial charge in [-0.25, -0.2) is 4.68 Å². The van der Waals surface area contributed by atoms with Crippen LogP contribution >= 0.6 is 0 Å². The number of likely N-dealkylation sites (tertiary alicyclic amines) is 1. The number of rotatable bonds is 20. The summed E-state index contributed by atoms with van der Waals surface area (Å²) in [6, 6.07) is 12.3. The van der Waals surface area contributed by atoms with Crippen LogP contribution in [0.3, 0.4) is 0 Å². The van der Waals surface area contributed by atoms with E-state index in [1.165, 1.54) is 15.8 Å². The maximum atomic E-state index is 14.9. The Bertz CT molecular complexity index is 2140. The molecule has 0 bridgehead atoms. The van der Waals surface area contributed by atoms with E-state index in [-0.39, 0.29) is 31.9 Å². The minimum absolute atomic E-state index is 0.0157. The Morgan fingerprint density at radius 1 is 0.951 bits per heavy atom. The molecule has 4 amide bonds. The van der Waals surface area contributed by atoms with Crippen LogP contribution < -0.4 is 21.7 Å². The van der Waals surface area contributed by atoms with Gasteiger partial charge in [-0.05, 0) is 81.1 Å². The van der Waals surface area contributed by atoms with Crippen LogP contribution in [0.25, 0.3) is 10.8 Å². The SMILES string of the molecule is CC(C)(O)c1cnnn1[C@H]1C[C@@H](C(=O)NC(CCCCNC(O)OCc2ccccc2)C(=O)C(N)=O)N(C(=O)[C@@H](CC2CCCCC2)NC(=O)c2ccc3cnccc3c2)C1. The first kappa shape index (κ1) is 44.9. The lowest BCUT2D eigenvalue weighted by molar-refractivity contribution is -0.142. The van der Waals surface area contributed by atoms with E-state index in [2.05, 4.69) is 31.2 Å². The summed E-state index contributed by atoms with van der Waals surface area (Å²) in [5, 5.41) is 39.7. The van der Waals surface area contributed by atoms with Crippen LogP contribution in [0, 0.1) is 5.92 Å². The summed E-state index contributed by atoms with van der Waals surface area (Å²) in [6.45, 7) is 3.65. The number of ether oxygens (including phenoxy) is 1. The standard InChI is InChI=1S/C44H57N9O8/c1-44(2,60)37-25-48-51-53(37)33-23-36(41(57)49-34(38(54)39(45)55)15-9-10-19-47-43(59)61-27-29-13-7-4-8-14-29)52(26-33)42(58)35(21-28-11-5-3-6-12-28)50-40(56)31-16-17-32-24-46-20-18-30(32)22-31/h4,7-8,13-14,16-18,20,22,24-25,28,33-36,43,47,59-60H,3,5-6,9-12,15,19,21,23,26-27H2,1-2H3,(H2,45,55)(H,49,57)(H,50,56)/t33-,34?,35+,36-,43?/m0/s1. The second-order valence-electron chi connectivity index (χ2n) is 16.6. The molecule has 17 nitrogen and oxygen atoms in total. The molecule has 1 saturated carbocycles. The Labute approximate surface area is 354 Å². The average molecular weight is 840 g/mol. The van der Waals surface area contributed by atoms with E-state index in [9.17, 15) is 34.2 Å². The van der Waals surface area contributed by atoms with E-state index in [1.807, 2.05) is 30.3 Å². The first-order valence-electron chi connectivity index (χ1n) is 21.1. The summed E-state index contributed by atoms with van der Waals surface area (Å²) in [5.41, 5.74) is 5.71. The number of ketones is 1. The first-order valence-corrected chi connectivity index (χ1v) is 21.1. The number of benzene rings is 2. The van der Waals surface area contributed by atoms with Gasteiger partial charge in [0.15, 0.2) is 0 Å². The summed E-state index contributed by atoms with van der Waals surface area (Å²) < 4.78 is 6.94. The zero-order chi connectivity index (χ0) is 43.5. The second kappa shape index (κ2) is 20.8. The molecule has 4 aromatic rings. The fraction of sp³-hybridized carbons (Fsp3) is 0.500. The average Bonchev–Trinajstić information content (AvgIpc) is 3.94. The van der Waals surface area contributed by atoms with Crippen molar-refractivity contribution in [3.05, 3.63) is 90.0 Å². The van der Waals surface area contributed by atoms with Crippen LogP contribution in [0.2, 0.25) is 0 Å². The first-order chi connectivity index (χ1) is 29.3. The highest BCUT2D eigenvalue weighted by molar-refractivity contribution is 6.37. The number of nitrogens with zero attached hydrogens (tertiary/aromatic N) is 5. The summed E-state index contributed by atoms with van der Waals surface area (Å²) in [7, 11) is 0. The van der Waals surface area contributed by atoms with Crippen molar-refractivity contribution in [2.45, 2.75) is 121 Å². The number of carbonyl (C=O) groups is 5. The van der Waals surface area contributed by atoms with Crippen molar-refractivity contribution in [1.29, 1.82) is 0 Å². The van der Waals surface area contributed by atoms with Crippen LogP contribution in [0.1, 0.15) is 106 Å². The number of fused-ring (bicyclic) bond motifs is 1. The van der Waals surface area contributed by atoms with E-state index >= 15 is 0 Å². The van der Waals surface area contributed by atoms with Gasteiger partial charge in [-0.15, -0.1) is 5.10 Å². The van der Waals surface area contributed by atoms with Crippen LogP contribution in [0.5, 0.6) is 0 Å². The smallest absolute Gasteiger partial charge is 0.287 e. The molecule has 2 fully saturated rings. The van der Waals surface area contributed by atoms with Crippen LogP contribution in [0.4, 0.5) is 0 Å². The molecule has 0 radical (unpaired) electrons. The summed E-state index contributed by atoms with van der Waals surface area (Å²) in [4.78, 5) is 74.1. The van der Waals surface area contributed by atoms with E-state index < -0.39 is 65.6 Å². The van der Waals surface area contributed by atoms with Crippen LogP contribution in [-0.4, -0.2) is 102 Å². The Balaban J connectivity index is 1.19. The number of carbonyl (C=O) groups excluding carboxylic acids is 5. The predicted octanol–water partition coefficient (Wildman–Crippen LogP) is 2.76. The highest BCUT2D eigenvalue weighted by Gasteiger charge is 2.45. The summed E-state index contributed by atoms with van der Waals surface area (Å²) >= 11 is 0. The van der Waals surface area contributed by atoms with E-state index in [4.69, 9.17) is 10.5 Å². The Kier molecular flexibility index (Phi) is 15.3. The number of pyridine rings is 1. The zero-order valence-electron chi connectivity index (χ0n) is 34.7. The number of nitrogens with one attached hydrogen (secondary N) is 3. The summed E-state index contributed by atoms with van der Waals surface area (Å²) in [6.07, 6.45) is 9.69. The molecule has 5 atom stereocenters. The summed E-state index contributed by atoms with van der Waals surface area (Å²) in [5.74, 6) is -3.65. The quantitative estimate of drug-likeness (QED) is 0.0428. The van der Waals surface area contributed by atoms with Gasteiger partial charge in [0.05, 0.1) is 30.6 Å². The fourth-order valence-corrected chi connectivity index (χ4v) is 8.29. The third-order valence-corrected chi connectivity index (χ3v) is 11.6. The molecule has 7 N–H and O–H groups in total. The Morgan fingerprint density at radius 2 is 1.72 bits per heavy atom. The molecule has 2 unspecified atom stereocenters. The number of amides is 4. The van der Waals surface area contributed by atoms with Crippen molar-refractivity contribution in [2.75, 3.05) is 13.1 Å². The van der Waals surface area contributed by atoms with E-state index in [0.29, 0.717) is 37.1 Å². The van der Waals surface area contributed by atoms with Gasteiger partial charge in [0.25, 0.3) is 11.8 Å². The van der Waals surface area contributed by atoms with Gasteiger partial charge in [-0.3, -0.25) is 34.3 Å². The van der Waals surface area contributed by atoms with Gasteiger partial charge in [0, 0.05) is 36.3 Å². The number of aliphatic hydroxyl groups excluding tert-OH is 1. The highest BCUT2D eigenvalue weighted by Crippen LogP contribution is 2.34. The van der Waals surface area contributed by atoms with Crippen molar-refractivity contribution in [2.24, 2.45) is 11.7 Å². The second-order valence-corrected chi connectivity index (χ2v) is 16.6. The van der Waals surface area contributed by atoms with Crippen molar-refractivity contribution >= 4 is 40.2 Å². The molecule has 3 heterocycles. The normalized spacial score (nSPS) is 18.7. The Morgan fingerprint density at radius 3 is 2.46 bits per heavy atom. The number of unbranched alkanes of at least 4 members (excludes halogenated alkanes) is 1. The van der Waals surface area contributed by atoms with Crippen LogP contribution in [-0.2, 0) is 36.1 Å². The molecule has 1 saturated heterocycles. The highest BCUT2D eigenvalue weighted by atomic mass is 16.6. The van der Waals surface area contributed by atoms with Gasteiger partial charge >= 0.3 is 0 Å². The lowest BCUT2D eigenvalue weighted by atomic mass is 9.84. The molecule has 2 aliphatic rings. The maximum absolute atomic E-state index is 14.9. The number of hydrogen-bond donors (Lipinski definition) is 6. The lowest BCUT2D eigenvalue weighted by Gasteiger charge is -2.32. The number of aliphatic hydroxyl groups is 2. The largest absolute Gasteiger partial charge is 0.384 e. The van der Waals surface area contributed by atoms with E-state index in [1.54, 1.807) is 50.5 Å². The van der Waals surface area contributed by atoms with Gasteiger partial charge in [-0.1, -0.05) is 73.7 Å². The number of aromatic nitrogens is 4. The third-order valence-electron chi connectivity index (χ3n) is 11.6. The molecule has 61 heavy (non-hydrogen) atoms. The molecular formula is C44H57N9O8. The van der Waals surface area contributed by atoms with Gasteiger partial charge in [0.2, 0.25) is 24.0 Å². The molecule has 6 rings (SSSR count). The van der Waals surface area contributed by atoms with Crippen molar-refractivity contribution in [3.8, 4) is 0 Å². The van der Waals surface area contributed by atoms with E-state index in [0.717, 1.165) is 48.4 Å². The molecule has 17 heteroatoms. The lowest BCUT2D eigenvalue weighted by Crippen LogP contribution is -2.56. The number of Topliss-reactive ketones (excluding diaryl/α,β-unsaturated/α-hetero) is 1. The molecule has 2 aromatic heterocycles. The van der Waals surface area contributed by atoms with Crippen LogP contribution in [0.15, 0.2) is 73.2 Å². The molecule has 1 aliphatic carbocycles.